The molecular formula is C18H24N2O. The number of Topliss-reactive ketones (excluding diaryl/α,β-unsaturated/α-hetero) is 1. The van der Waals surface area contributed by atoms with Crippen molar-refractivity contribution < 1.29 is 4.79 Å². The molecule has 0 radical (unpaired) electrons. The van der Waals surface area contributed by atoms with Gasteiger partial charge in [-0.05, 0) is 30.4 Å². The zero-order valence-corrected chi connectivity index (χ0v) is 13.2. The van der Waals surface area contributed by atoms with Gasteiger partial charge in [0.1, 0.15) is 5.78 Å². The smallest absolute Gasteiger partial charge is 0.143 e. The molecule has 0 atom stereocenters. The van der Waals surface area contributed by atoms with E-state index in [9.17, 15) is 4.79 Å². The molecule has 0 aliphatic carbocycles. The fraction of sp³-hybridized carbons (Fsp3) is 0.444. The number of aromatic nitrogens is 2. The molecule has 0 saturated carbocycles. The second-order valence-electron chi connectivity index (χ2n) is 5.60. The average Bonchev–Trinajstić information content (AvgIpc) is 2.94. The van der Waals surface area contributed by atoms with Crippen LogP contribution in [0, 0.1) is 0 Å². The van der Waals surface area contributed by atoms with Gasteiger partial charge in [-0.15, -0.1) is 0 Å². The van der Waals surface area contributed by atoms with Gasteiger partial charge in [0.2, 0.25) is 0 Å². The number of ketones is 1. The summed E-state index contributed by atoms with van der Waals surface area (Å²) in [5.74, 6) is 0.336. The normalized spacial score (nSPS) is 11.6. The predicted molar refractivity (Wildman–Crippen MR) is 85.2 cm³/mol. The van der Waals surface area contributed by atoms with Crippen molar-refractivity contribution in [3.05, 3.63) is 53.9 Å². The first-order valence-corrected chi connectivity index (χ1v) is 7.68. The van der Waals surface area contributed by atoms with E-state index >= 15 is 0 Å². The van der Waals surface area contributed by atoms with Crippen LogP contribution in [-0.4, -0.2) is 15.6 Å². The molecule has 0 aliphatic rings. The minimum absolute atomic E-state index is 0.336. The third-order valence-corrected chi connectivity index (χ3v) is 4.47. The van der Waals surface area contributed by atoms with Gasteiger partial charge in [0.25, 0.3) is 0 Å². The lowest BCUT2D eigenvalue weighted by atomic mass is 9.71. The summed E-state index contributed by atoms with van der Waals surface area (Å²) in [4.78, 5) is 12.9. The standard InChI is InChI=1S/C18H24N2O/c1-4-18(5-2,16-9-7-6-8-10-16)17(21)12-11-15-13-19-20(3)14-15/h6-10,13-14H,4-5,11-12H2,1-3H3. The topological polar surface area (TPSA) is 34.9 Å². The number of benzene rings is 1. The van der Waals surface area contributed by atoms with Gasteiger partial charge in [0, 0.05) is 19.7 Å². The van der Waals surface area contributed by atoms with Crippen LogP contribution in [0.25, 0.3) is 0 Å². The fourth-order valence-corrected chi connectivity index (χ4v) is 3.07. The van der Waals surface area contributed by atoms with Crippen LogP contribution in [0.15, 0.2) is 42.7 Å². The Hall–Kier alpha value is -1.90. The molecule has 3 heteroatoms. The van der Waals surface area contributed by atoms with Crippen molar-refractivity contribution in [2.24, 2.45) is 7.05 Å². The summed E-state index contributed by atoms with van der Waals surface area (Å²) in [6, 6.07) is 10.2. The Balaban J connectivity index is 2.16. The summed E-state index contributed by atoms with van der Waals surface area (Å²) < 4.78 is 1.78. The van der Waals surface area contributed by atoms with Crippen molar-refractivity contribution in [2.45, 2.75) is 44.9 Å². The molecule has 0 aliphatic heterocycles. The van der Waals surface area contributed by atoms with Crippen molar-refractivity contribution in [1.82, 2.24) is 9.78 Å². The summed E-state index contributed by atoms with van der Waals surface area (Å²) >= 11 is 0. The quantitative estimate of drug-likeness (QED) is 0.777. The van der Waals surface area contributed by atoms with E-state index in [1.165, 1.54) is 0 Å². The SMILES string of the molecule is CCC(CC)(C(=O)CCc1cnn(C)c1)c1ccccc1. The number of nitrogens with zero attached hydrogens (tertiary/aromatic N) is 2. The largest absolute Gasteiger partial charge is 0.299 e. The molecule has 1 aromatic carbocycles. The number of hydrogen-bond acceptors (Lipinski definition) is 2. The van der Waals surface area contributed by atoms with Gasteiger partial charge in [-0.25, -0.2) is 0 Å². The Kier molecular flexibility index (Phi) is 4.94. The van der Waals surface area contributed by atoms with E-state index in [4.69, 9.17) is 0 Å². The first-order valence-electron chi connectivity index (χ1n) is 7.68. The van der Waals surface area contributed by atoms with Crippen LogP contribution in [0.1, 0.15) is 44.2 Å². The molecule has 3 nitrogen and oxygen atoms in total. The van der Waals surface area contributed by atoms with E-state index in [1.54, 1.807) is 4.68 Å². The molecule has 2 rings (SSSR count). The van der Waals surface area contributed by atoms with Crippen LogP contribution in [0.4, 0.5) is 0 Å². The minimum Gasteiger partial charge on any atom is -0.299 e. The maximum Gasteiger partial charge on any atom is 0.143 e. The zero-order valence-electron chi connectivity index (χ0n) is 13.2. The molecule has 0 fully saturated rings. The summed E-state index contributed by atoms with van der Waals surface area (Å²) in [5.41, 5.74) is 1.93. The number of aryl methyl sites for hydroxylation is 2. The third kappa shape index (κ3) is 3.23. The molecule has 0 saturated heterocycles. The minimum atomic E-state index is -0.344. The molecule has 0 unspecified atom stereocenters. The van der Waals surface area contributed by atoms with Crippen LogP contribution in [0.5, 0.6) is 0 Å². The van der Waals surface area contributed by atoms with Gasteiger partial charge in [0.05, 0.1) is 11.6 Å². The fourth-order valence-electron chi connectivity index (χ4n) is 3.07. The van der Waals surface area contributed by atoms with Crippen molar-refractivity contribution >= 4 is 5.78 Å². The Morgan fingerprint density at radius 2 is 1.86 bits per heavy atom. The van der Waals surface area contributed by atoms with E-state index in [0.717, 1.165) is 30.4 Å². The van der Waals surface area contributed by atoms with Crippen LogP contribution in [-0.2, 0) is 23.7 Å². The Morgan fingerprint density at radius 1 is 1.19 bits per heavy atom. The van der Waals surface area contributed by atoms with Gasteiger partial charge in [-0.3, -0.25) is 9.48 Å². The van der Waals surface area contributed by atoms with Gasteiger partial charge in [0.15, 0.2) is 0 Å². The van der Waals surface area contributed by atoms with Crippen LogP contribution in [0.3, 0.4) is 0 Å². The molecule has 2 aromatic rings. The van der Waals surface area contributed by atoms with Crippen molar-refractivity contribution in [3.63, 3.8) is 0 Å². The molecule has 1 aromatic heterocycles. The number of hydrogen-bond donors (Lipinski definition) is 0. The van der Waals surface area contributed by atoms with E-state index in [1.807, 2.05) is 37.6 Å². The highest BCUT2D eigenvalue weighted by Gasteiger charge is 2.35. The van der Waals surface area contributed by atoms with Crippen molar-refractivity contribution in [1.29, 1.82) is 0 Å². The van der Waals surface area contributed by atoms with E-state index in [2.05, 4.69) is 31.1 Å². The summed E-state index contributed by atoms with van der Waals surface area (Å²) in [5, 5.41) is 4.16. The molecule has 0 spiro atoms. The van der Waals surface area contributed by atoms with Gasteiger partial charge in [-0.1, -0.05) is 44.2 Å². The van der Waals surface area contributed by atoms with E-state index in [0.29, 0.717) is 12.2 Å². The highest BCUT2D eigenvalue weighted by Crippen LogP contribution is 2.34. The molecule has 21 heavy (non-hydrogen) atoms. The third-order valence-electron chi connectivity index (χ3n) is 4.47. The lowest BCUT2D eigenvalue weighted by molar-refractivity contribution is -0.124. The molecule has 0 bridgehead atoms. The second kappa shape index (κ2) is 6.70. The highest BCUT2D eigenvalue weighted by atomic mass is 16.1. The van der Waals surface area contributed by atoms with Gasteiger partial charge >= 0.3 is 0 Å². The van der Waals surface area contributed by atoms with Crippen LogP contribution < -0.4 is 0 Å². The molecular weight excluding hydrogens is 260 g/mol. The van der Waals surface area contributed by atoms with E-state index < -0.39 is 0 Å². The van der Waals surface area contributed by atoms with Crippen LogP contribution >= 0.6 is 0 Å². The molecule has 1 heterocycles. The van der Waals surface area contributed by atoms with Crippen LogP contribution in [0.2, 0.25) is 0 Å². The summed E-state index contributed by atoms with van der Waals surface area (Å²) in [6.45, 7) is 4.22. The maximum atomic E-state index is 12.9. The second-order valence-corrected chi connectivity index (χ2v) is 5.60. The highest BCUT2D eigenvalue weighted by molar-refractivity contribution is 5.90. The summed E-state index contributed by atoms with van der Waals surface area (Å²) in [6.07, 6.45) is 6.85. The maximum absolute atomic E-state index is 12.9. The summed E-state index contributed by atoms with van der Waals surface area (Å²) in [7, 11) is 1.90. The zero-order chi connectivity index (χ0) is 15.3. The predicted octanol–water partition coefficient (Wildman–Crippen LogP) is 3.68. The Bertz CT molecular complexity index is 582. The molecule has 112 valence electrons. The number of carbonyl (C=O) groups excluding carboxylic acids is 1. The lowest BCUT2D eigenvalue weighted by Crippen LogP contribution is -2.35. The molecule has 0 amide bonds. The van der Waals surface area contributed by atoms with Crippen molar-refractivity contribution in [3.8, 4) is 0 Å². The van der Waals surface area contributed by atoms with Crippen molar-refractivity contribution in [2.75, 3.05) is 0 Å². The molecule has 0 N–H and O–H groups in total. The first-order chi connectivity index (χ1) is 10.1. The lowest BCUT2D eigenvalue weighted by Gasteiger charge is -2.31. The first kappa shape index (κ1) is 15.5. The average molecular weight is 284 g/mol. The van der Waals surface area contributed by atoms with Gasteiger partial charge in [-0.2, -0.15) is 5.10 Å². The number of rotatable bonds is 7. The Labute approximate surface area is 127 Å². The monoisotopic (exact) mass is 284 g/mol. The Morgan fingerprint density at radius 3 is 2.38 bits per heavy atom. The number of carbonyl (C=O) groups is 1. The van der Waals surface area contributed by atoms with E-state index in [-0.39, 0.29) is 5.41 Å². The van der Waals surface area contributed by atoms with Gasteiger partial charge < -0.3 is 0 Å².